The second-order valence-corrected chi connectivity index (χ2v) is 3.67. The van der Waals surface area contributed by atoms with Gasteiger partial charge in [-0.15, -0.1) is 0 Å². The Morgan fingerprint density at radius 3 is 2.21 bits per heavy atom. The lowest BCUT2D eigenvalue weighted by atomic mass is 9.99. The predicted octanol–water partition coefficient (Wildman–Crippen LogP) is 2.25. The fourth-order valence-electron chi connectivity index (χ4n) is 1.57. The number of carbonyl (C=O) groups is 1. The molecule has 96 valence electrons. The summed E-state index contributed by atoms with van der Waals surface area (Å²) in [6.07, 6.45) is 0. The van der Waals surface area contributed by atoms with Gasteiger partial charge in [-0.05, 0) is 19.1 Å². The van der Waals surface area contributed by atoms with Crippen LogP contribution in [0.3, 0.4) is 0 Å². The number of amides is 2. The normalized spacial score (nSPS) is 14.9. The van der Waals surface area contributed by atoms with Crippen molar-refractivity contribution in [2.45, 2.75) is 6.92 Å². The lowest BCUT2D eigenvalue weighted by Crippen LogP contribution is -2.20. The van der Waals surface area contributed by atoms with Crippen LogP contribution in [0.1, 0.15) is 12.5 Å². The topological polar surface area (TPSA) is 58.9 Å². The van der Waals surface area contributed by atoms with Crippen LogP contribution in [-0.4, -0.2) is 23.4 Å². The first-order valence-corrected chi connectivity index (χ1v) is 5.02. The van der Waals surface area contributed by atoms with Gasteiger partial charge in [0.05, 0.1) is 11.4 Å². The Hall–Kier alpha value is -2.53. The van der Waals surface area contributed by atoms with Gasteiger partial charge in [0.25, 0.3) is 0 Å². The quantitative estimate of drug-likeness (QED) is 0.578. The molecule has 0 fully saturated rings. The molecule has 1 aromatic rings. The smallest absolute Gasteiger partial charge is 0.244 e. The van der Waals surface area contributed by atoms with Crippen LogP contribution >= 0.6 is 0 Å². The van der Waals surface area contributed by atoms with Crippen LogP contribution in [0.5, 0.6) is 0 Å². The fraction of sp³-hybridized carbons (Fsp3) is 0.0833. The average Bonchev–Trinajstić information content (AvgIpc) is 2.34. The standard InChI is InChI=1S/C12H5F3N2O2/c1-5-7(4-18)11(17-12(19)16-5)6-2-8(13)10(15)9(14)3-6/h2-3H,1H3. The molecule has 0 saturated carbocycles. The Balaban J connectivity index is 2.64. The van der Waals surface area contributed by atoms with Crippen LogP contribution in [0.15, 0.2) is 27.7 Å². The summed E-state index contributed by atoms with van der Waals surface area (Å²) < 4.78 is 39.1. The van der Waals surface area contributed by atoms with Crippen molar-refractivity contribution in [3.8, 4) is 0 Å². The number of aliphatic imine (C=N–C) groups is 2. The third-order valence-electron chi connectivity index (χ3n) is 2.43. The van der Waals surface area contributed by atoms with E-state index in [0.717, 1.165) is 0 Å². The van der Waals surface area contributed by atoms with Gasteiger partial charge in [-0.2, -0.15) is 9.98 Å². The monoisotopic (exact) mass is 266 g/mol. The van der Waals surface area contributed by atoms with Crippen LogP contribution in [0.4, 0.5) is 18.0 Å². The van der Waals surface area contributed by atoms with Crippen molar-refractivity contribution < 1.29 is 22.8 Å². The molecule has 0 aliphatic carbocycles. The molecule has 1 heterocycles. The highest BCUT2D eigenvalue weighted by Gasteiger charge is 2.23. The Kier molecular flexibility index (Phi) is 3.14. The Labute approximate surface area is 105 Å². The summed E-state index contributed by atoms with van der Waals surface area (Å²) in [4.78, 5) is 28.8. The van der Waals surface area contributed by atoms with Crippen LogP contribution in [0.25, 0.3) is 0 Å². The maximum Gasteiger partial charge on any atom is 0.367 e. The fourth-order valence-corrected chi connectivity index (χ4v) is 1.57. The molecule has 1 aliphatic heterocycles. The van der Waals surface area contributed by atoms with Gasteiger partial charge in [0.1, 0.15) is 11.5 Å². The molecular formula is C12H5F3N2O2. The Bertz CT molecular complexity index is 678. The average molecular weight is 266 g/mol. The van der Waals surface area contributed by atoms with Crippen molar-refractivity contribution in [3.63, 3.8) is 0 Å². The first-order chi connectivity index (χ1) is 8.93. The molecule has 0 N–H and O–H groups in total. The third-order valence-corrected chi connectivity index (χ3v) is 2.43. The van der Waals surface area contributed by atoms with E-state index in [9.17, 15) is 22.8 Å². The van der Waals surface area contributed by atoms with Crippen molar-refractivity contribution in [1.29, 1.82) is 0 Å². The molecule has 7 heteroatoms. The molecule has 0 unspecified atom stereocenters. The SMILES string of the molecule is CC1=NC(=O)N=C(c2cc(F)c(F)c(F)c2)C1=C=O. The largest absolute Gasteiger partial charge is 0.367 e. The number of hydrogen-bond donors (Lipinski definition) is 0. The summed E-state index contributed by atoms with van der Waals surface area (Å²) >= 11 is 0. The van der Waals surface area contributed by atoms with Crippen molar-refractivity contribution in [3.05, 3.63) is 40.7 Å². The van der Waals surface area contributed by atoms with Crippen molar-refractivity contribution in [1.82, 2.24) is 0 Å². The minimum absolute atomic E-state index is 0.0233. The minimum atomic E-state index is -1.64. The Morgan fingerprint density at radius 1 is 1.11 bits per heavy atom. The number of nitrogens with zero attached hydrogens (tertiary/aromatic N) is 2. The lowest BCUT2D eigenvalue weighted by Gasteiger charge is -2.11. The number of urea groups is 1. The van der Waals surface area contributed by atoms with Gasteiger partial charge in [0.2, 0.25) is 0 Å². The minimum Gasteiger partial charge on any atom is -0.244 e. The van der Waals surface area contributed by atoms with E-state index in [-0.39, 0.29) is 22.6 Å². The maximum absolute atomic E-state index is 13.1. The summed E-state index contributed by atoms with van der Waals surface area (Å²) in [6, 6.07) is 0.359. The molecule has 0 radical (unpaired) electrons. The number of allylic oxidation sites excluding steroid dienone is 1. The molecule has 2 amide bonds. The van der Waals surface area contributed by atoms with Crippen molar-refractivity contribution in [2.24, 2.45) is 9.98 Å². The van der Waals surface area contributed by atoms with Crippen LogP contribution in [-0.2, 0) is 4.79 Å². The first kappa shape index (κ1) is 12.9. The van der Waals surface area contributed by atoms with Gasteiger partial charge < -0.3 is 0 Å². The number of halogens is 3. The predicted molar refractivity (Wildman–Crippen MR) is 60.6 cm³/mol. The van der Waals surface area contributed by atoms with E-state index in [1.165, 1.54) is 12.9 Å². The van der Waals surface area contributed by atoms with Gasteiger partial charge in [0.15, 0.2) is 17.5 Å². The highest BCUT2D eigenvalue weighted by Crippen LogP contribution is 2.19. The number of rotatable bonds is 1. The summed E-state index contributed by atoms with van der Waals surface area (Å²) in [5.74, 6) is -3.05. The Morgan fingerprint density at radius 2 is 1.68 bits per heavy atom. The van der Waals surface area contributed by atoms with Crippen molar-refractivity contribution >= 4 is 23.4 Å². The third kappa shape index (κ3) is 2.23. The van der Waals surface area contributed by atoms with Crippen LogP contribution in [0, 0.1) is 17.5 Å². The number of benzene rings is 1. The molecule has 1 aromatic carbocycles. The van der Waals surface area contributed by atoms with E-state index in [4.69, 9.17) is 0 Å². The zero-order valence-corrected chi connectivity index (χ0v) is 9.50. The first-order valence-electron chi connectivity index (χ1n) is 5.02. The van der Waals surface area contributed by atoms with Crippen molar-refractivity contribution in [2.75, 3.05) is 0 Å². The second-order valence-electron chi connectivity index (χ2n) is 3.67. The molecule has 1 aliphatic rings. The van der Waals surface area contributed by atoms with Gasteiger partial charge in [-0.1, -0.05) is 0 Å². The van der Waals surface area contributed by atoms with Crippen LogP contribution < -0.4 is 0 Å². The second kappa shape index (κ2) is 4.62. The summed E-state index contributed by atoms with van der Waals surface area (Å²) in [7, 11) is 0. The molecule has 19 heavy (non-hydrogen) atoms. The molecule has 0 saturated heterocycles. The lowest BCUT2D eigenvalue weighted by molar-refractivity contribution is 0.257. The van der Waals surface area contributed by atoms with Gasteiger partial charge in [-0.25, -0.2) is 22.8 Å². The van der Waals surface area contributed by atoms with E-state index in [2.05, 4.69) is 9.98 Å². The highest BCUT2D eigenvalue weighted by molar-refractivity contribution is 6.38. The zero-order valence-electron chi connectivity index (χ0n) is 9.50. The molecule has 0 aromatic heterocycles. The van der Waals surface area contributed by atoms with E-state index < -0.39 is 23.5 Å². The molecule has 4 nitrogen and oxygen atoms in total. The van der Waals surface area contributed by atoms with Gasteiger partial charge in [0, 0.05) is 5.56 Å². The summed E-state index contributed by atoms with van der Waals surface area (Å²) in [5, 5.41) is 0. The molecule has 0 spiro atoms. The highest BCUT2D eigenvalue weighted by atomic mass is 19.2. The molecular weight excluding hydrogens is 261 g/mol. The number of carbonyl (C=O) groups excluding carboxylic acids is 2. The maximum atomic E-state index is 13.1. The molecule has 0 atom stereocenters. The van der Waals surface area contributed by atoms with E-state index in [1.807, 2.05) is 0 Å². The van der Waals surface area contributed by atoms with Gasteiger partial charge in [-0.3, -0.25) is 0 Å². The van der Waals surface area contributed by atoms with Gasteiger partial charge >= 0.3 is 6.03 Å². The molecule has 0 bridgehead atoms. The summed E-state index contributed by atoms with van der Waals surface area (Å²) in [6.45, 7) is 1.35. The van der Waals surface area contributed by atoms with Crippen LogP contribution in [0.2, 0.25) is 0 Å². The zero-order chi connectivity index (χ0) is 14.2. The summed E-state index contributed by atoms with van der Waals surface area (Å²) in [5.41, 5.74) is -0.706. The van der Waals surface area contributed by atoms with E-state index in [1.54, 1.807) is 0 Å². The van der Waals surface area contributed by atoms with E-state index >= 15 is 0 Å². The molecule has 2 rings (SSSR count). The van der Waals surface area contributed by atoms with E-state index in [0.29, 0.717) is 12.1 Å². The number of hydrogen-bond acceptors (Lipinski definition) is 2.